The van der Waals surface area contributed by atoms with Crippen LogP contribution < -0.4 is 4.90 Å². The molecule has 0 saturated heterocycles. The minimum absolute atomic E-state index is 0.00526. The summed E-state index contributed by atoms with van der Waals surface area (Å²) in [5.41, 5.74) is 1.59. The number of nitrogens with zero attached hydrogens (tertiary/aromatic N) is 3. The smallest absolute Gasteiger partial charge is 0.464 e. The van der Waals surface area contributed by atoms with Crippen molar-refractivity contribution in [3.8, 4) is 0 Å². The molecule has 0 aromatic heterocycles. The van der Waals surface area contributed by atoms with Crippen LogP contribution in [0, 0.1) is 13.1 Å². The molecule has 1 rings (SSSR count). The summed E-state index contributed by atoms with van der Waals surface area (Å²) < 4.78 is 9.92. The molecule has 0 N–H and O–H groups in total. The van der Waals surface area contributed by atoms with E-state index in [0.717, 1.165) is 11.3 Å². The Kier molecular flexibility index (Phi) is 8.25. The lowest BCUT2D eigenvalue weighted by atomic mass is 10.2. The third kappa shape index (κ3) is 7.67. The van der Waals surface area contributed by atoms with Gasteiger partial charge < -0.3 is 14.4 Å². The third-order valence-electron chi connectivity index (χ3n) is 3.12. The Morgan fingerprint density at radius 1 is 1.00 bits per heavy atom. The summed E-state index contributed by atoms with van der Waals surface area (Å²) in [6, 6.07) is 7.24. The molecule has 0 spiro atoms. The van der Waals surface area contributed by atoms with Crippen molar-refractivity contribution in [2.75, 3.05) is 31.2 Å². The van der Waals surface area contributed by atoms with Crippen molar-refractivity contribution in [1.29, 1.82) is 0 Å². The summed E-state index contributed by atoms with van der Waals surface area (Å²) in [6.45, 7) is 17.8. The quantitative estimate of drug-likeness (QED) is 0.537. The number of benzene rings is 1. The zero-order valence-corrected chi connectivity index (χ0v) is 14.2. The molecule has 0 aliphatic rings. The van der Waals surface area contributed by atoms with E-state index in [-0.39, 0.29) is 31.0 Å². The van der Waals surface area contributed by atoms with Crippen molar-refractivity contribution in [1.82, 2.24) is 0 Å². The van der Waals surface area contributed by atoms with E-state index in [0.29, 0.717) is 13.1 Å². The molecule has 0 aliphatic carbocycles. The molecule has 7 nitrogen and oxygen atoms in total. The Balaban J connectivity index is 2.83. The van der Waals surface area contributed by atoms with E-state index < -0.39 is 0 Å². The maximum Gasteiger partial charge on any atom is 0.519 e. The molecular weight excluding hydrogens is 322 g/mol. The molecule has 0 atom stereocenters. The van der Waals surface area contributed by atoms with Crippen molar-refractivity contribution in [2.24, 2.45) is 0 Å². The monoisotopic (exact) mass is 341 g/mol. The molecule has 0 aliphatic heterocycles. The van der Waals surface area contributed by atoms with Crippen molar-refractivity contribution in [3.63, 3.8) is 0 Å². The van der Waals surface area contributed by atoms with Gasteiger partial charge in [0, 0.05) is 25.6 Å². The number of esters is 2. The summed E-state index contributed by atoms with van der Waals surface area (Å²) >= 11 is 0. The predicted octanol–water partition coefficient (Wildman–Crippen LogP) is 2.76. The molecule has 0 radical (unpaired) electrons. The van der Waals surface area contributed by atoms with Crippen LogP contribution in [-0.2, 0) is 19.1 Å². The number of carbonyl (C=O) groups excluding carboxylic acids is 2. The van der Waals surface area contributed by atoms with Crippen molar-refractivity contribution < 1.29 is 19.1 Å². The molecule has 0 bridgehead atoms. The minimum Gasteiger partial charge on any atom is -0.464 e. The lowest BCUT2D eigenvalue weighted by Gasteiger charge is -2.24. The largest absolute Gasteiger partial charge is 0.519 e. The van der Waals surface area contributed by atoms with Gasteiger partial charge in [-0.3, -0.25) is 9.59 Å². The molecule has 0 saturated carbocycles. The first kappa shape index (κ1) is 19.7. The Morgan fingerprint density at radius 2 is 1.48 bits per heavy atom. The van der Waals surface area contributed by atoms with Gasteiger partial charge >= 0.3 is 17.8 Å². The van der Waals surface area contributed by atoms with Crippen LogP contribution in [0.1, 0.15) is 19.4 Å². The highest BCUT2D eigenvalue weighted by Gasteiger charge is 2.09. The summed E-state index contributed by atoms with van der Waals surface area (Å²) in [5, 5.41) is 0. The summed E-state index contributed by atoms with van der Waals surface area (Å²) in [7, 11) is 0. The topological polar surface area (TPSA) is 64.6 Å². The Labute approximate surface area is 147 Å². The normalized spacial score (nSPS) is 9.28. The highest BCUT2D eigenvalue weighted by Crippen LogP contribution is 2.17. The Morgan fingerprint density at radius 3 is 1.88 bits per heavy atom. The summed E-state index contributed by atoms with van der Waals surface area (Å²) in [6.07, 6.45) is 1.51. The molecule has 0 fully saturated rings. The van der Waals surface area contributed by atoms with Gasteiger partial charge in [0.25, 0.3) is 0 Å². The van der Waals surface area contributed by atoms with Gasteiger partial charge in [-0.2, -0.15) is 9.69 Å². The summed E-state index contributed by atoms with van der Waals surface area (Å²) in [4.78, 5) is 30.0. The lowest BCUT2D eigenvalue weighted by Crippen LogP contribution is -2.31. The van der Waals surface area contributed by atoms with Crippen LogP contribution in [-0.4, -0.2) is 38.2 Å². The van der Waals surface area contributed by atoms with Gasteiger partial charge in [0.1, 0.15) is 26.4 Å². The van der Waals surface area contributed by atoms with Crippen LogP contribution in [0.15, 0.2) is 30.1 Å². The van der Waals surface area contributed by atoms with E-state index in [9.17, 15) is 9.59 Å². The molecular formula is C18H19N3O4. The lowest BCUT2D eigenvalue weighted by molar-refractivity contribution is -0.141. The van der Waals surface area contributed by atoms with Crippen molar-refractivity contribution in [3.05, 3.63) is 58.5 Å². The van der Waals surface area contributed by atoms with Crippen LogP contribution in [0.25, 0.3) is 15.8 Å². The first-order chi connectivity index (χ1) is 12.0. The molecule has 130 valence electrons. The standard InChI is InChI=1S/C18H19N3O4/c1-14(22)24-11-9-21(10-12-25-15(2)23)17-7-5-16(6-8-17)13-18(19-3)20-4/h5-8,13H,9-12H2,1-2H3. The van der Waals surface area contributed by atoms with Gasteiger partial charge in [-0.15, -0.1) is 0 Å². The Bertz CT molecular complexity index is 675. The zero-order chi connectivity index (χ0) is 18.7. The minimum atomic E-state index is -0.355. The fourth-order valence-electron chi connectivity index (χ4n) is 1.99. The van der Waals surface area contributed by atoms with Gasteiger partial charge in [-0.25, -0.2) is 0 Å². The number of hydrogen-bond donors (Lipinski definition) is 0. The van der Waals surface area contributed by atoms with Crippen LogP contribution in [0.5, 0.6) is 0 Å². The first-order valence-corrected chi connectivity index (χ1v) is 7.54. The summed E-state index contributed by atoms with van der Waals surface area (Å²) in [5.74, 6) is -0.716. The van der Waals surface area contributed by atoms with Gasteiger partial charge in [-0.1, -0.05) is 12.1 Å². The van der Waals surface area contributed by atoms with Crippen molar-refractivity contribution >= 4 is 23.7 Å². The SMILES string of the molecule is [C-]#[N+]C(=Cc1ccc(N(CCOC(C)=O)CCOC(C)=O)cc1)[N+]#[C-]. The number of rotatable bonds is 8. The fourth-order valence-corrected chi connectivity index (χ4v) is 1.99. The second kappa shape index (κ2) is 10.5. The highest BCUT2D eigenvalue weighted by atomic mass is 16.5. The Hall–Kier alpha value is -3.32. The average Bonchev–Trinajstić information content (AvgIpc) is 2.58. The maximum atomic E-state index is 10.9. The van der Waals surface area contributed by atoms with Gasteiger partial charge in [0.05, 0.1) is 13.1 Å². The van der Waals surface area contributed by atoms with E-state index in [1.807, 2.05) is 17.0 Å². The van der Waals surface area contributed by atoms with E-state index in [1.54, 1.807) is 12.1 Å². The van der Waals surface area contributed by atoms with Crippen molar-refractivity contribution in [2.45, 2.75) is 13.8 Å². The van der Waals surface area contributed by atoms with Crippen LogP contribution >= 0.6 is 0 Å². The zero-order valence-electron chi connectivity index (χ0n) is 14.2. The van der Waals surface area contributed by atoms with Gasteiger partial charge in [0.15, 0.2) is 0 Å². The van der Waals surface area contributed by atoms with E-state index in [4.69, 9.17) is 22.6 Å². The fraction of sp³-hybridized carbons (Fsp3) is 0.333. The predicted molar refractivity (Wildman–Crippen MR) is 93.1 cm³/mol. The first-order valence-electron chi connectivity index (χ1n) is 7.54. The van der Waals surface area contributed by atoms with Crippen LogP contribution in [0.4, 0.5) is 5.69 Å². The average molecular weight is 341 g/mol. The van der Waals surface area contributed by atoms with E-state index in [1.165, 1.54) is 19.9 Å². The third-order valence-corrected chi connectivity index (χ3v) is 3.12. The molecule has 0 unspecified atom stereocenters. The number of hydrogen-bond acceptors (Lipinski definition) is 5. The number of anilines is 1. The molecule has 0 amide bonds. The van der Waals surface area contributed by atoms with Crippen LogP contribution in [0.2, 0.25) is 0 Å². The van der Waals surface area contributed by atoms with E-state index in [2.05, 4.69) is 9.69 Å². The second-order valence-corrected chi connectivity index (χ2v) is 4.98. The van der Waals surface area contributed by atoms with Crippen LogP contribution in [0.3, 0.4) is 0 Å². The van der Waals surface area contributed by atoms with E-state index >= 15 is 0 Å². The molecule has 25 heavy (non-hydrogen) atoms. The number of carbonyl (C=O) groups is 2. The number of ether oxygens (including phenoxy) is 2. The molecule has 1 aromatic rings. The molecule has 0 heterocycles. The maximum absolute atomic E-state index is 10.9. The molecule has 7 heteroatoms. The highest BCUT2D eigenvalue weighted by molar-refractivity contribution is 5.66. The molecule has 1 aromatic carbocycles. The van der Waals surface area contributed by atoms with Gasteiger partial charge in [0.2, 0.25) is 0 Å². The van der Waals surface area contributed by atoms with Gasteiger partial charge in [-0.05, 0) is 17.7 Å². The second-order valence-electron chi connectivity index (χ2n) is 4.98.